The van der Waals surface area contributed by atoms with Crippen LogP contribution in [0.1, 0.15) is 34.1 Å². The topological polar surface area (TPSA) is 87.7 Å². The Hall–Kier alpha value is -1.26. The first-order valence-electron chi connectivity index (χ1n) is 4.99. The Labute approximate surface area is 89.7 Å². The van der Waals surface area contributed by atoms with Gasteiger partial charge in [-0.3, -0.25) is 4.79 Å². The van der Waals surface area contributed by atoms with Crippen LogP contribution in [-0.4, -0.2) is 23.0 Å². The lowest BCUT2D eigenvalue weighted by Gasteiger charge is -2.05. The number of oxime groups is 1. The summed E-state index contributed by atoms with van der Waals surface area (Å²) in [5.41, 5.74) is 5.45. The Morgan fingerprint density at radius 2 is 1.87 bits per heavy atom. The molecule has 15 heavy (non-hydrogen) atoms. The van der Waals surface area contributed by atoms with Crippen LogP contribution in [-0.2, 0) is 4.79 Å². The average Bonchev–Trinajstić information content (AvgIpc) is 2.48. The summed E-state index contributed by atoms with van der Waals surface area (Å²) in [6.45, 7) is 8.45. The Morgan fingerprint density at radius 1 is 1.40 bits per heavy atom. The zero-order chi connectivity index (χ0) is 11.9. The minimum atomic E-state index is -0.200. The molecule has 1 saturated carbocycles. The number of nitrogens with two attached hydrogens (primary N) is 1. The van der Waals surface area contributed by atoms with Crippen LogP contribution in [0, 0.1) is 10.8 Å². The van der Waals surface area contributed by atoms with Gasteiger partial charge in [0.1, 0.15) is 5.84 Å². The fraction of sp³-hybridized carbons (Fsp3) is 0.800. The molecule has 0 bridgehead atoms. The summed E-state index contributed by atoms with van der Waals surface area (Å²) in [4.78, 5) is 11.5. The molecule has 1 aliphatic rings. The lowest BCUT2D eigenvalue weighted by molar-refractivity contribution is -0.120. The molecule has 0 heterocycles. The van der Waals surface area contributed by atoms with E-state index in [1.54, 1.807) is 0 Å². The Bertz CT molecular complexity index is 294. The molecule has 0 saturated heterocycles. The molecule has 4 N–H and O–H groups in total. The van der Waals surface area contributed by atoms with Gasteiger partial charge in [-0.2, -0.15) is 0 Å². The van der Waals surface area contributed by atoms with Crippen molar-refractivity contribution in [1.29, 1.82) is 0 Å². The van der Waals surface area contributed by atoms with Gasteiger partial charge in [0, 0.05) is 6.04 Å². The Kier molecular flexibility index (Phi) is 2.67. The number of nitrogens with zero attached hydrogens (tertiary/aromatic N) is 1. The second-order valence-corrected chi connectivity index (χ2v) is 5.21. The Balaban J connectivity index is 2.49. The maximum Gasteiger partial charge on any atom is 0.227 e. The van der Waals surface area contributed by atoms with Gasteiger partial charge in [-0.25, -0.2) is 0 Å². The van der Waals surface area contributed by atoms with Crippen molar-refractivity contribution in [3.05, 3.63) is 0 Å². The van der Waals surface area contributed by atoms with E-state index in [0.717, 1.165) is 0 Å². The van der Waals surface area contributed by atoms with Crippen molar-refractivity contribution in [2.75, 3.05) is 0 Å². The van der Waals surface area contributed by atoms with Gasteiger partial charge in [-0.05, 0) is 10.8 Å². The van der Waals surface area contributed by atoms with E-state index in [1.807, 2.05) is 0 Å². The van der Waals surface area contributed by atoms with Gasteiger partial charge >= 0.3 is 0 Å². The minimum Gasteiger partial charge on any atom is -0.409 e. The molecule has 0 aromatic rings. The Morgan fingerprint density at radius 3 is 2.20 bits per heavy atom. The SMILES string of the molecule is CC1(C)C(NC(=O)CC(N)=NO)C1(C)C. The monoisotopic (exact) mass is 213 g/mol. The summed E-state index contributed by atoms with van der Waals surface area (Å²) in [6.07, 6.45) is -0.0564. The summed E-state index contributed by atoms with van der Waals surface area (Å²) in [5, 5.41) is 14.0. The third-order valence-corrected chi connectivity index (χ3v) is 3.80. The molecule has 0 aromatic carbocycles. The quantitative estimate of drug-likeness (QED) is 0.279. The minimum absolute atomic E-state index is 0.0564. The number of amides is 1. The van der Waals surface area contributed by atoms with Gasteiger partial charge < -0.3 is 16.3 Å². The van der Waals surface area contributed by atoms with Gasteiger partial charge in [0.2, 0.25) is 5.91 Å². The van der Waals surface area contributed by atoms with Crippen molar-refractivity contribution in [1.82, 2.24) is 5.32 Å². The molecule has 5 heteroatoms. The first-order chi connectivity index (χ1) is 6.73. The number of hydrogen-bond acceptors (Lipinski definition) is 3. The van der Waals surface area contributed by atoms with Crippen LogP contribution in [0.5, 0.6) is 0 Å². The van der Waals surface area contributed by atoms with E-state index in [2.05, 4.69) is 38.2 Å². The molecule has 0 radical (unpaired) electrons. The van der Waals surface area contributed by atoms with Crippen molar-refractivity contribution in [3.8, 4) is 0 Å². The molecular weight excluding hydrogens is 194 g/mol. The maximum atomic E-state index is 11.5. The second-order valence-electron chi connectivity index (χ2n) is 5.21. The highest BCUT2D eigenvalue weighted by atomic mass is 16.4. The van der Waals surface area contributed by atoms with Crippen LogP contribution < -0.4 is 11.1 Å². The van der Waals surface area contributed by atoms with E-state index in [0.29, 0.717) is 0 Å². The van der Waals surface area contributed by atoms with E-state index in [1.165, 1.54) is 0 Å². The number of rotatable bonds is 3. The molecule has 1 fully saturated rings. The third kappa shape index (κ3) is 1.91. The molecule has 1 amide bonds. The highest BCUT2D eigenvalue weighted by Crippen LogP contribution is 2.62. The van der Waals surface area contributed by atoms with Crippen molar-refractivity contribution in [2.45, 2.75) is 40.2 Å². The van der Waals surface area contributed by atoms with Crippen molar-refractivity contribution in [3.63, 3.8) is 0 Å². The van der Waals surface area contributed by atoms with Crippen molar-refractivity contribution in [2.24, 2.45) is 21.7 Å². The highest BCUT2D eigenvalue weighted by molar-refractivity contribution is 5.98. The largest absolute Gasteiger partial charge is 0.409 e. The fourth-order valence-electron chi connectivity index (χ4n) is 1.97. The summed E-state index contributed by atoms with van der Waals surface area (Å²) in [6, 6.07) is 0.156. The van der Waals surface area contributed by atoms with Gasteiger partial charge in [0.25, 0.3) is 0 Å². The van der Waals surface area contributed by atoms with Crippen LogP contribution in [0.3, 0.4) is 0 Å². The van der Waals surface area contributed by atoms with Crippen LogP contribution in [0.4, 0.5) is 0 Å². The smallest absolute Gasteiger partial charge is 0.227 e. The zero-order valence-electron chi connectivity index (χ0n) is 9.66. The van der Waals surface area contributed by atoms with E-state index >= 15 is 0 Å². The number of nitrogens with one attached hydrogen (secondary N) is 1. The average molecular weight is 213 g/mol. The fourth-order valence-corrected chi connectivity index (χ4v) is 1.97. The normalized spacial score (nSPS) is 23.6. The standard InChI is InChI=1S/C10H19N3O2/c1-9(2)8(10(9,3)4)12-7(14)5-6(11)13-15/h8,15H,5H2,1-4H3,(H2,11,13)(H,12,14). The number of amidine groups is 1. The van der Waals surface area contributed by atoms with Gasteiger partial charge in [-0.1, -0.05) is 32.9 Å². The lowest BCUT2D eigenvalue weighted by atomic mass is 10.0. The lowest BCUT2D eigenvalue weighted by Crippen LogP contribution is -2.33. The number of carbonyl (C=O) groups is 1. The predicted octanol–water partition coefficient (Wildman–Crippen LogP) is 0.674. The van der Waals surface area contributed by atoms with Crippen LogP contribution in [0.15, 0.2) is 5.16 Å². The molecular formula is C10H19N3O2. The highest BCUT2D eigenvalue weighted by Gasteiger charge is 2.65. The molecule has 0 atom stereocenters. The molecule has 0 aliphatic heterocycles. The first-order valence-corrected chi connectivity index (χ1v) is 4.99. The van der Waals surface area contributed by atoms with E-state index in [9.17, 15) is 4.79 Å². The van der Waals surface area contributed by atoms with Crippen LogP contribution >= 0.6 is 0 Å². The van der Waals surface area contributed by atoms with E-state index < -0.39 is 0 Å². The van der Waals surface area contributed by atoms with Gasteiger partial charge in [0.05, 0.1) is 6.42 Å². The molecule has 86 valence electrons. The molecule has 1 rings (SSSR count). The first kappa shape index (κ1) is 11.8. The summed E-state index contributed by atoms with van der Waals surface area (Å²) in [5.74, 6) is -0.266. The van der Waals surface area contributed by atoms with Gasteiger partial charge in [-0.15, -0.1) is 0 Å². The molecule has 0 spiro atoms. The summed E-state index contributed by atoms with van der Waals surface area (Å²) in [7, 11) is 0. The van der Waals surface area contributed by atoms with Crippen molar-refractivity contribution < 1.29 is 10.0 Å². The van der Waals surface area contributed by atoms with E-state index in [-0.39, 0.29) is 35.0 Å². The van der Waals surface area contributed by atoms with Crippen LogP contribution in [0.25, 0.3) is 0 Å². The second kappa shape index (κ2) is 3.40. The molecule has 0 aromatic heterocycles. The number of carbonyl (C=O) groups excluding carboxylic acids is 1. The summed E-state index contributed by atoms with van der Waals surface area (Å²) >= 11 is 0. The predicted molar refractivity (Wildman–Crippen MR) is 57.5 cm³/mol. The van der Waals surface area contributed by atoms with Crippen LogP contribution in [0.2, 0.25) is 0 Å². The number of hydrogen-bond donors (Lipinski definition) is 3. The zero-order valence-corrected chi connectivity index (χ0v) is 9.66. The molecule has 0 unspecified atom stereocenters. The van der Waals surface area contributed by atoms with Gasteiger partial charge in [0.15, 0.2) is 0 Å². The van der Waals surface area contributed by atoms with Crippen molar-refractivity contribution >= 4 is 11.7 Å². The van der Waals surface area contributed by atoms with E-state index in [4.69, 9.17) is 10.9 Å². The summed E-state index contributed by atoms with van der Waals surface area (Å²) < 4.78 is 0. The molecule has 1 aliphatic carbocycles. The maximum absolute atomic E-state index is 11.5. The third-order valence-electron chi connectivity index (χ3n) is 3.80. The molecule has 5 nitrogen and oxygen atoms in total.